The zero-order chi connectivity index (χ0) is 20.5. The molecule has 1 aliphatic heterocycles. The lowest BCUT2D eigenvalue weighted by Crippen LogP contribution is -2.31. The maximum atomic E-state index is 14.2. The SMILES string of the molecule is CCOc1ccc(-c2ccc3c(c2)C=C(C(=O)O)CCN3S(C)(=O)=O)cc1F. The molecule has 28 heavy (non-hydrogen) atoms. The van der Waals surface area contributed by atoms with Crippen LogP contribution in [0.15, 0.2) is 42.0 Å². The number of halogens is 1. The van der Waals surface area contributed by atoms with E-state index in [0.717, 1.165) is 6.26 Å². The van der Waals surface area contributed by atoms with Gasteiger partial charge in [0.05, 0.1) is 18.6 Å². The van der Waals surface area contributed by atoms with Crippen molar-refractivity contribution < 1.29 is 27.4 Å². The molecule has 0 aliphatic carbocycles. The summed E-state index contributed by atoms with van der Waals surface area (Å²) in [6.45, 7) is 2.15. The number of rotatable bonds is 5. The van der Waals surface area contributed by atoms with Crippen LogP contribution in [0.2, 0.25) is 0 Å². The van der Waals surface area contributed by atoms with Crippen LogP contribution in [-0.2, 0) is 14.8 Å². The van der Waals surface area contributed by atoms with Crippen molar-refractivity contribution in [2.45, 2.75) is 13.3 Å². The van der Waals surface area contributed by atoms with Gasteiger partial charge >= 0.3 is 5.97 Å². The first-order chi connectivity index (χ1) is 13.2. The Morgan fingerprint density at radius 2 is 1.89 bits per heavy atom. The normalized spacial score (nSPS) is 14.1. The number of carboxylic acid groups (broad SMARTS) is 1. The van der Waals surface area contributed by atoms with Crippen molar-refractivity contribution in [1.29, 1.82) is 0 Å². The van der Waals surface area contributed by atoms with Crippen molar-refractivity contribution in [2.24, 2.45) is 0 Å². The van der Waals surface area contributed by atoms with Crippen LogP contribution in [0.25, 0.3) is 17.2 Å². The Labute approximate surface area is 162 Å². The predicted molar refractivity (Wildman–Crippen MR) is 105 cm³/mol. The van der Waals surface area contributed by atoms with Gasteiger partial charge in [-0.2, -0.15) is 0 Å². The van der Waals surface area contributed by atoms with Crippen molar-refractivity contribution in [2.75, 3.05) is 23.7 Å². The van der Waals surface area contributed by atoms with E-state index in [1.54, 1.807) is 31.2 Å². The van der Waals surface area contributed by atoms with E-state index < -0.39 is 21.8 Å². The van der Waals surface area contributed by atoms with Crippen LogP contribution >= 0.6 is 0 Å². The van der Waals surface area contributed by atoms with Crippen molar-refractivity contribution in [1.82, 2.24) is 0 Å². The van der Waals surface area contributed by atoms with Gasteiger partial charge in [0.1, 0.15) is 0 Å². The first-order valence-corrected chi connectivity index (χ1v) is 10.5. The van der Waals surface area contributed by atoms with Gasteiger partial charge in [-0.1, -0.05) is 12.1 Å². The van der Waals surface area contributed by atoms with E-state index in [-0.39, 0.29) is 24.3 Å². The lowest BCUT2D eigenvalue weighted by Gasteiger charge is -2.22. The maximum absolute atomic E-state index is 14.2. The van der Waals surface area contributed by atoms with Crippen LogP contribution in [-0.4, -0.2) is 38.9 Å². The number of anilines is 1. The van der Waals surface area contributed by atoms with Gasteiger partial charge in [0.2, 0.25) is 10.0 Å². The summed E-state index contributed by atoms with van der Waals surface area (Å²) in [5, 5.41) is 9.38. The number of hydrogen-bond donors (Lipinski definition) is 1. The van der Waals surface area contributed by atoms with E-state index in [1.807, 2.05) is 0 Å². The highest BCUT2D eigenvalue weighted by Crippen LogP contribution is 2.34. The second-order valence-corrected chi connectivity index (χ2v) is 8.32. The van der Waals surface area contributed by atoms with E-state index in [0.29, 0.717) is 29.0 Å². The zero-order valence-electron chi connectivity index (χ0n) is 15.5. The monoisotopic (exact) mass is 405 g/mol. The molecule has 6 nitrogen and oxygen atoms in total. The molecule has 3 rings (SSSR count). The number of ether oxygens (including phenoxy) is 1. The van der Waals surface area contributed by atoms with Gasteiger partial charge < -0.3 is 9.84 Å². The van der Waals surface area contributed by atoms with Gasteiger partial charge in [0.25, 0.3) is 0 Å². The molecule has 2 aromatic rings. The summed E-state index contributed by atoms with van der Waals surface area (Å²) >= 11 is 0. The number of fused-ring (bicyclic) bond motifs is 1. The van der Waals surface area contributed by atoms with Crippen LogP contribution in [0.5, 0.6) is 5.75 Å². The Morgan fingerprint density at radius 3 is 2.50 bits per heavy atom. The van der Waals surface area contributed by atoms with Crippen molar-refractivity contribution in [3.8, 4) is 16.9 Å². The minimum atomic E-state index is -3.58. The number of sulfonamides is 1. The van der Waals surface area contributed by atoms with Gasteiger partial charge in [0, 0.05) is 12.1 Å². The third-order valence-electron chi connectivity index (χ3n) is 4.45. The predicted octanol–water partition coefficient (Wildman–Crippen LogP) is 3.53. The Kier molecular flexibility index (Phi) is 5.42. The molecule has 0 fully saturated rings. The Balaban J connectivity index is 2.12. The Morgan fingerprint density at radius 1 is 1.21 bits per heavy atom. The molecular formula is C20H20FNO5S. The number of aliphatic carboxylic acids is 1. The fraction of sp³-hybridized carbons (Fsp3) is 0.250. The molecule has 0 spiro atoms. The summed E-state index contributed by atoms with van der Waals surface area (Å²) in [6, 6.07) is 9.52. The first-order valence-electron chi connectivity index (χ1n) is 8.69. The Bertz CT molecular complexity index is 1060. The minimum absolute atomic E-state index is 0.0427. The molecule has 0 saturated carbocycles. The summed E-state index contributed by atoms with van der Waals surface area (Å²) in [5.41, 5.74) is 2.17. The molecule has 0 aromatic heterocycles. The largest absolute Gasteiger partial charge is 0.491 e. The molecule has 148 valence electrons. The second kappa shape index (κ2) is 7.63. The molecule has 8 heteroatoms. The third-order valence-corrected chi connectivity index (χ3v) is 5.63. The molecule has 1 heterocycles. The topological polar surface area (TPSA) is 83.9 Å². The van der Waals surface area contributed by atoms with E-state index in [1.165, 1.54) is 22.5 Å². The minimum Gasteiger partial charge on any atom is -0.491 e. The number of benzene rings is 2. The quantitative estimate of drug-likeness (QED) is 0.823. The van der Waals surface area contributed by atoms with Gasteiger partial charge in [-0.05, 0) is 60.4 Å². The summed E-state index contributed by atoms with van der Waals surface area (Å²) in [7, 11) is -3.58. The molecule has 1 N–H and O–H groups in total. The van der Waals surface area contributed by atoms with Gasteiger partial charge in [-0.3, -0.25) is 4.31 Å². The van der Waals surface area contributed by atoms with Gasteiger partial charge in [-0.25, -0.2) is 17.6 Å². The van der Waals surface area contributed by atoms with Crippen LogP contribution in [0, 0.1) is 5.82 Å². The number of nitrogens with zero attached hydrogens (tertiary/aromatic N) is 1. The number of carboxylic acids is 1. The average molecular weight is 405 g/mol. The maximum Gasteiger partial charge on any atom is 0.331 e. The fourth-order valence-electron chi connectivity index (χ4n) is 3.15. The first kappa shape index (κ1) is 19.9. The summed E-state index contributed by atoms with van der Waals surface area (Å²) < 4.78 is 44.9. The second-order valence-electron chi connectivity index (χ2n) is 6.41. The lowest BCUT2D eigenvalue weighted by molar-refractivity contribution is -0.132. The van der Waals surface area contributed by atoms with E-state index in [9.17, 15) is 22.7 Å². The standard InChI is InChI=1S/C20H20FNO5S/c1-3-27-19-7-5-14(12-17(19)21)13-4-6-18-16(10-13)11-15(20(23)24)8-9-22(18)28(2,25)26/h4-7,10-12H,3,8-9H2,1-2H3,(H,23,24). The average Bonchev–Trinajstić information content (AvgIpc) is 2.82. The molecule has 0 bridgehead atoms. The van der Waals surface area contributed by atoms with Crippen molar-refractivity contribution in [3.05, 3.63) is 53.4 Å². The number of carbonyl (C=O) groups is 1. The summed E-state index contributed by atoms with van der Waals surface area (Å²) in [6.07, 6.45) is 2.64. The molecule has 1 aliphatic rings. The highest BCUT2D eigenvalue weighted by Gasteiger charge is 2.25. The zero-order valence-corrected chi connectivity index (χ0v) is 16.3. The molecule has 0 amide bonds. The van der Waals surface area contributed by atoms with E-state index in [4.69, 9.17) is 4.74 Å². The molecular weight excluding hydrogens is 385 g/mol. The van der Waals surface area contributed by atoms with Crippen molar-refractivity contribution >= 4 is 27.8 Å². The molecule has 0 radical (unpaired) electrons. The third kappa shape index (κ3) is 4.01. The smallest absolute Gasteiger partial charge is 0.331 e. The van der Waals surface area contributed by atoms with Crippen LogP contribution < -0.4 is 9.04 Å². The molecule has 2 aromatic carbocycles. The fourth-order valence-corrected chi connectivity index (χ4v) is 4.09. The summed E-state index contributed by atoms with van der Waals surface area (Å²) in [5.74, 6) is -1.45. The van der Waals surface area contributed by atoms with E-state index >= 15 is 0 Å². The van der Waals surface area contributed by atoms with Crippen LogP contribution in [0.3, 0.4) is 0 Å². The lowest BCUT2D eigenvalue weighted by atomic mass is 10.0. The molecule has 0 saturated heterocycles. The van der Waals surface area contributed by atoms with Gasteiger partial charge in [-0.15, -0.1) is 0 Å². The molecule has 0 atom stereocenters. The van der Waals surface area contributed by atoms with Crippen LogP contribution in [0.1, 0.15) is 18.9 Å². The summed E-state index contributed by atoms with van der Waals surface area (Å²) in [4.78, 5) is 11.5. The number of hydrogen-bond acceptors (Lipinski definition) is 4. The highest BCUT2D eigenvalue weighted by atomic mass is 32.2. The Hall–Kier alpha value is -2.87. The van der Waals surface area contributed by atoms with Crippen LogP contribution in [0.4, 0.5) is 10.1 Å². The molecule has 0 unspecified atom stereocenters. The van der Waals surface area contributed by atoms with E-state index in [2.05, 4.69) is 0 Å². The van der Waals surface area contributed by atoms with Gasteiger partial charge in [0.15, 0.2) is 11.6 Å². The highest BCUT2D eigenvalue weighted by molar-refractivity contribution is 7.92. The van der Waals surface area contributed by atoms with Crippen molar-refractivity contribution in [3.63, 3.8) is 0 Å².